The summed E-state index contributed by atoms with van der Waals surface area (Å²) in [5.41, 5.74) is 1.41. The van der Waals surface area contributed by atoms with Crippen molar-refractivity contribution in [2.45, 2.75) is 44.4 Å². The van der Waals surface area contributed by atoms with Crippen molar-refractivity contribution in [3.05, 3.63) is 29.6 Å². The van der Waals surface area contributed by atoms with E-state index >= 15 is 0 Å². The molecule has 210 valence electrons. The first kappa shape index (κ1) is 32.6. The van der Waals surface area contributed by atoms with Crippen LogP contribution < -0.4 is 0 Å². The van der Waals surface area contributed by atoms with E-state index in [1.807, 2.05) is 28.0 Å². The number of rotatable bonds is 14. The van der Waals surface area contributed by atoms with Gasteiger partial charge < -0.3 is 15.1 Å². The second kappa shape index (κ2) is 18.6. The van der Waals surface area contributed by atoms with Gasteiger partial charge in [-0.05, 0) is 68.0 Å². The molecule has 2 N–H and O–H groups in total. The number of hydrogen-bond acceptors (Lipinski definition) is 12. The number of carbonyl (C=O) groups is 2. The summed E-state index contributed by atoms with van der Waals surface area (Å²) in [6.07, 6.45) is 1.32. The van der Waals surface area contributed by atoms with E-state index in [1.165, 1.54) is 0 Å². The zero-order chi connectivity index (χ0) is 28.5. The highest BCUT2D eigenvalue weighted by Gasteiger charge is 2.29. The van der Waals surface area contributed by atoms with Crippen LogP contribution in [0.5, 0.6) is 0 Å². The Bertz CT molecular complexity index is 1040. The first-order valence-electron chi connectivity index (χ1n) is 12.6. The third-order valence-corrected chi connectivity index (χ3v) is 6.81. The van der Waals surface area contributed by atoms with E-state index in [4.69, 9.17) is 4.98 Å². The molecule has 14 heteroatoms. The minimum Gasteiger partial charge on any atom is -0.480 e. The normalized spacial score (nSPS) is 16.7. The van der Waals surface area contributed by atoms with Crippen LogP contribution in [-0.2, 0) is 22.7 Å². The highest BCUT2D eigenvalue weighted by atomic mass is 32.1. The van der Waals surface area contributed by atoms with Gasteiger partial charge in [-0.15, -0.1) is 0 Å². The molecule has 39 heavy (non-hydrogen) atoms. The fourth-order valence-electron chi connectivity index (χ4n) is 4.50. The minimum atomic E-state index is -0.936. The van der Waals surface area contributed by atoms with E-state index in [0.29, 0.717) is 76.6 Å². The molecule has 2 bridgehead atoms. The topological polar surface area (TPSA) is 134 Å². The van der Waals surface area contributed by atoms with Crippen LogP contribution in [0.1, 0.15) is 30.7 Å². The highest BCUT2D eigenvalue weighted by molar-refractivity contribution is 7.78. The number of hydrogen-bond donors (Lipinski definition) is 2. The molecule has 2 rings (SSSR count). The molecule has 0 spiro atoms. The Morgan fingerprint density at radius 2 is 1.28 bits per heavy atom. The molecular weight excluding hydrogens is 559 g/mol. The lowest BCUT2D eigenvalue weighted by atomic mass is 10.1. The molecule has 0 amide bonds. The van der Waals surface area contributed by atoms with E-state index < -0.39 is 24.0 Å². The summed E-state index contributed by atoms with van der Waals surface area (Å²) in [4.78, 5) is 47.0. The van der Waals surface area contributed by atoms with Gasteiger partial charge in [0.2, 0.25) is 0 Å². The van der Waals surface area contributed by atoms with Crippen LogP contribution in [0.4, 0.5) is 0 Å². The third kappa shape index (κ3) is 12.0. The summed E-state index contributed by atoms with van der Waals surface area (Å²) in [6.45, 7) is 4.46. The smallest absolute Gasteiger partial charge is 0.321 e. The largest absolute Gasteiger partial charge is 0.480 e. The van der Waals surface area contributed by atoms with Crippen LogP contribution >= 0.6 is 36.7 Å². The maximum atomic E-state index is 12.2. The summed E-state index contributed by atoms with van der Waals surface area (Å²) in [5.74, 6) is -1.87. The van der Waals surface area contributed by atoms with E-state index in [9.17, 15) is 19.8 Å². The predicted octanol–water partition coefficient (Wildman–Crippen LogP) is 2.39. The summed E-state index contributed by atoms with van der Waals surface area (Å²) < 4.78 is 0. The van der Waals surface area contributed by atoms with Gasteiger partial charge in [0, 0.05) is 45.8 Å². The van der Waals surface area contributed by atoms with Gasteiger partial charge in [-0.1, -0.05) is 6.07 Å². The number of aliphatic carboxylic acids is 2. The number of aromatic nitrogens is 1. The summed E-state index contributed by atoms with van der Waals surface area (Å²) in [6, 6.07) is 4.01. The first-order chi connectivity index (χ1) is 18.9. The fourth-order valence-corrected chi connectivity index (χ4v) is 4.77. The van der Waals surface area contributed by atoms with Gasteiger partial charge in [0.25, 0.3) is 0 Å². The number of carboxylic acids is 2. The molecule has 1 aliphatic heterocycles. The Balaban J connectivity index is 2.40. The average Bonchev–Trinajstić information content (AvgIpc) is 2.90. The van der Waals surface area contributed by atoms with Crippen LogP contribution in [0.15, 0.2) is 33.2 Å². The van der Waals surface area contributed by atoms with Crippen LogP contribution in [-0.4, -0.2) is 122 Å². The number of isothiocyanates is 3. The predicted molar refractivity (Wildman–Crippen MR) is 158 cm³/mol. The molecule has 1 aromatic heterocycles. The van der Waals surface area contributed by atoms with Crippen molar-refractivity contribution in [2.75, 3.05) is 52.4 Å². The average molecular weight is 592 g/mol. The molecule has 2 heterocycles. The zero-order valence-corrected chi connectivity index (χ0v) is 24.1. The number of nitrogens with zero attached hydrogens (tertiary/aromatic N) is 7. The molecule has 2 atom stereocenters. The Labute approximate surface area is 244 Å². The molecule has 0 aliphatic carbocycles. The fraction of sp³-hybridized carbons (Fsp3) is 0.600. The Kier molecular flexibility index (Phi) is 15.6. The number of pyridine rings is 1. The van der Waals surface area contributed by atoms with E-state index in [1.54, 1.807) is 0 Å². The lowest BCUT2D eigenvalue weighted by molar-refractivity contribution is -0.144. The second-order valence-electron chi connectivity index (χ2n) is 8.96. The highest BCUT2D eigenvalue weighted by Crippen LogP contribution is 2.16. The van der Waals surface area contributed by atoms with Crippen LogP contribution in [0, 0.1) is 0 Å². The number of carboxylic acid groups (broad SMARTS) is 2. The quantitative estimate of drug-likeness (QED) is 0.188. The number of thiocarbonyl (C=S) groups is 3. The van der Waals surface area contributed by atoms with Gasteiger partial charge in [0.05, 0.1) is 46.5 Å². The van der Waals surface area contributed by atoms with E-state index in [2.05, 4.69) is 72.0 Å². The Morgan fingerprint density at radius 1 is 0.821 bits per heavy atom. The minimum absolute atomic E-state index is 0.266. The Morgan fingerprint density at radius 3 is 1.72 bits per heavy atom. The molecule has 1 aliphatic rings. The maximum absolute atomic E-state index is 12.2. The SMILES string of the molecule is O=C(O)C(CCN=C=S)N1CCN(CCCN=C=S)CCN(C(CCN=C=S)C(=O)O)Cc2cccc(n2)C1. The van der Waals surface area contributed by atoms with Gasteiger partial charge >= 0.3 is 11.9 Å². The summed E-state index contributed by atoms with van der Waals surface area (Å²) >= 11 is 14.0. The van der Waals surface area contributed by atoms with E-state index in [0.717, 1.165) is 6.42 Å². The van der Waals surface area contributed by atoms with Gasteiger partial charge in [0.15, 0.2) is 0 Å². The van der Waals surface area contributed by atoms with Gasteiger partial charge in [-0.25, -0.2) is 15.0 Å². The zero-order valence-electron chi connectivity index (χ0n) is 21.6. The maximum Gasteiger partial charge on any atom is 0.321 e. The molecule has 1 aromatic rings. The lowest BCUT2D eigenvalue weighted by Gasteiger charge is -2.34. The van der Waals surface area contributed by atoms with Crippen molar-refractivity contribution in [3.8, 4) is 0 Å². The lowest BCUT2D eigenvalue weighted by Crippen LogP contribution is -2.48. The van der Waals surface area contributed by atoms with Gasteiger partial charge in [0.1, 0.15) is 12.1 Å². The van der Waals surface area contributed by atoms with Crippen molar-refractivity contribution < 1.29 is 19.8 Å². The molecule has 0 saturated carbocycles. The first-order valence-corrected chi connectivity index (χ1v) is 13.8. The van der Waals surface area contributed by atoms with Crippen molar-refractivity contribution in [1.82, 2.24) is 19.7 Å². The molecular formula is C25H33N7O4S3. The number of fused-ring (bicyclic) bond motifs is 2. The molecule has 0 radical (unpaired) electrons. The molecule has 11 nitrogen and oxygen atoms in total. The van der Waals surface area contributed by atoms with Crippen molar-refractivity contribution in [3.63, 3.8) is 0 Å². The van der Waals surface area contributed by atoms with Crippen molar-refractivity contribution in [2.24, 2.45) is 15.0 Å². The van der Waals surface area contributed by atoms with Crippen molar-refractivity contribution >= 4 is 64.1 Å². The third-order valence-electron chi connectivity index (χ3n) is 6.42. The van der Waals surface area contributed by atoms with Crippen LogP contribution in [0.2, 0.25) is 0 Å². The van der Waals surface area contributed by atoms with Crippen LogP contribution in [0.25, 0.3) is 0 Å². The molecule has 0 aromatic carbocycles. The van der Waals surface area contributed by atoms with Crippen LogP contribution in [0.3, 0.4) is 0 Å². The Hall–Kier alpha value is -2.63. The van der Waals surface area contributed by atoms with E-state index in [-0.39, 0.29) is 13.1 Å². The van der Waals surface area contributed by atoms with Crippen molar-refractivity contribution in [1.29, 1.82) is 0 Å². The standard InChI is InChI=1S/C25H33N7O4S3/c33-24(34)22(5-8-27-18-38)31-13-11-30(10-2-7-26-17-37)12-14-32(23(25(35)36)6-9-28-19-39)16-21-4-1-3-20(15-31)29-21/h1,3-4,22-23H,2,5-16H2,(H,33,34)(H,35,36). The monoisotopic (exact) mass is 591 g/mol. The molecule has 2 unspecified atom stereocenters. The molecule has 0 saturated heterocycles. The van der Waals surface area contributed by atoms with Gasteiger partial charge in [-0.2, -0.15) is 0 Å². The van der Waals surface area contributed by atoms with Gasteiger partial charge in [-0.3, -0.25) is 24.4 Å². The molecule has 0 fully saturated rings. The summed E-state index contributed by atoms with van der Waals surface area (Å²) in [5, 5.41) is 27.0. The summed E-state index contributed by atoms with van der Waals surface area (Å²) in [7, 11) is 0. The number of aliphatic imine (C=N–C) groups is 3. The second-order valence-corrected chi connectivity index (χ2v) is 9.51.